The summed E-state index contributed by atoms with van der Waals surface area (Å²) in [6, 6.07) is 5.04. The maximum absolute atomic E-state index is 12.0. The number of rotatable bonds is 6. The molecule has 0 aliphatic rings. The number of aliphatic hydroxyl groups excluding tert-OH is 1. The van der Waals surface area contributed by atoms with Crippen molar-refractivity contribution >= 4 is 23.5 Å². The largest absolute Gasteiger partial charge is 0.480 e. The topological polar surface area (TPSA) is 95.9 Å². The maximum Gasteiger partial charge on any atom is 0.328 e. The van der Waals surface area contributed by atoms with Gasteiger partial charge in [-0.2, -0.15) is 0 Å². The van der Waals surface area contributed by atoms with E-state index in [2.05, 4.69) is 5.32 Å². The van der Waals surface area contributed by atoms with Gasteiger partial charge in [0.15, 0.2) is 5.60 Å². The van der Waals surface area contributed by atoms with Gasteiger partial charge in [0, 0.05) is 5.02 Å². The van der Waals surface area contributed by atoms with Crippen molar-refractivity contribution in [3.8, 4) is 5.75 Å². The summed E-state index contributed by atoms with van der Waals surface area (Å²) in [5.74, 6) is -1.54. The Kier molecular flexibility index (Phi) is 5.35. The lowest BCUT2D eigenvalue weighted by atomic mass is 10.1. The van der Waals surface area contributed by atoms with E-state index < -0.39 is 30.1 Å². The second-order valence-electron chi connectivity index (χ2n) is 4.61. The molecule has 0 radical (unpaired) electrons. The van der Waals surface area contributed by atoms with Crippen molar-refractivity contribution in [1.29, 1.82) is 0 Å². The Morgan fingerprint density at radius 3 is 2.35 bits per heavy atom. The molecular formula is C13H16ClNO5. The fourth-order valence-corrected chi connectivity index (χ4v) is 1.49. The highest BCUT2D eigenvalue weighted by Gasteiger charge is 2.33. The van der Waals surface area contributed by atoms with Gasteiger partial charge in [-0.05, 0) is 38.1 Å². The molecule has 20 heavy (non-hydrogen) atoms. The zero-order valence-corrected chi connectivity index (χ0v) is 11.8. The Hall–Kier alpha value is -1.79. The van der Waals surface area contributed by atoms with Gasteiger partial charge in [-0.1, -0.05) is 11.6 Å². The third-order valence-corrected chi connectivity index (χ3v) is 2.77. The van der Waals surface area contributed by atoms with E-state index in [9.17, 15) is 9.59 Å². The number of carbonyl (C=O) groups excluding carboxylic acids is 1. The summed E-state index contributed by atoms with van der Waals surface area (Å²) in [6.07, 6.45) is 0. The number of nitrogens with one attached hydrogen (secondary N) is 1. The van der Waals surface area contributed by atoms with Gasteiger partial charge < -0.3 is 20.3 Å². The Bertz CT molecular complexity index is 486. The van der Waals surface area contributed by atoms with Crippen LogP contribution < -0.4 is 10.1 Å². The molecule has 1 rings (SSSR count). The number of hydrogen-bond acceptors (Lipinski definition) is 4. The standard InChI is InChI=1S/C13H16ClNO5/c1-13(2,12(19)15-10(7-16)11(17)18)20-9-5-3-8(14)4-6-9/h3-6,10,16H,7H2,1-2H3,(H,15,19)(H,17,18)/t10-/m1/s1. The molecule has 110 valence electrons. The first kappa shape index (κ1) is 16.3. The van der Waals surface area contributed by atoms with E-state index in [0.29, 0.717) is 10.8 Å². The Morgan fingerprint density at radius 2 is 1.90 bits per heavy atom. The van der Waals surface area contributed by atoms with Gasteiger partial charge in [-0.15, -0.1) is 0 Å². The molecule has 0 aromatic heterocycles. The smallest absolute Gasteiger partial charge is 0.328 e. The number of hydrogen-bond donors (Lipinski definition) is 3. The van der Waals surface area contributed by atoms with Crippen LogP contribution in [-0.2, 0) is 9.59 Å². The number of carboxylic acid groups (broad SMARTS) is 1. The van der Waals surface area contributed by atoms with Crippen LogP contribution in [0.1, 0.15) is 13.8 Å². The van der Waals surface area contributed by atoms with Crippen LogP contribution in [0.2, 0.25) is 5.02 Å². The highest BCUT2D eigenvalue weighted by atomic mass is 35.5. The molecule has 0 unspecified atom stereocenters. The first-order valence-corrected chi connectivity index (χ1v) is 6.23. The number of ether oxygens (including phenoxy) is 1. The van der Waals surface area contributed by atoms with Crippen LogP contribution in [0.5, 0.6) is 5.75 Å². The lowest BCUT2D eigenvalue weighted by molar-refractivity contribution is -0.146. The summed E-state index contributed by atoms with van der Waals surface area (Å²) in [4.78, 5) is 22.7. The van der Waals surface area contributed by atoms with Gasteiger partial charge in [0.1, 0.15) is 11.8 Å². The van der Waals surface area contributed by atoms with Crippen LogP contribution in [0.25, 0.3) is 0 Å². The second kappa shape index (κ2) is 6.58. The van der Waals surface area contributed by atoms with Crippen LogP contribution in [-0.4, -0.2) is 40.3 Å². The quantitative estimate of drug-likeness (QED) is 0.730. The van der Waals surface area contributed by atoms with E-state index >= 15 is 0 Å². The third-order valence-electron chi connectivity index (χ3n) is 2.52. The highest BCUT2D eigenvalue weighted by Crippen LogP contribution is 2.21. The monoisotopic (exact) mass is 301 g/mol. The Balaban J connectivity index is 2.74. The van der Waals surface area contributed by atoms with E-state index in [4.69, 9.17) is 26.6 Å². The summed E-state index contributed by atoms with van der Waals surface area (Å²) < 4.78 is 5.50. The van der Waals surface area contributed by atoms with Crippen molar-refractivity contribution in [3.63, 3.8) is 0 Å². The second-order valence-corrected chi connectivity index (χ2v) is 5.05. The summed E-state index contributed by atoms with van der Waals surface area (Å²) in [7, 11) is 0. The van der Waals surface area contributed by atoms with E-state index in [1.165, 1.54) is 13.8 Å². The third kappa shape index (κ3) is 4.40. The number of carbonyl (C=O) groups is 2. The number of amides is 1. The molecule has 0 heterocycles. The summed E-state index contributed by atoms with van der Waals surface area (Å²) in [5, 5.41) is 20.4. The highest BCUT2D eigenvalue weighted by molar-refractivity contribution is 6.30. The Labute approximate surface area is 121 Å². The number of benzene rings is 1. The van der Waals surface area contributed by atoms with E-state index in [1.807, 2.05) is 0 Å². The van der Waals surface area contributed by atoms with Crippen LogP contribution in [0.15, 0.2) is 24.3 Å². The molecule has 0 spiro atoms. The fourth-order valence-electron chi connectivity index (χ4n) is 1.36. The molecular weight excluding hydrogens is 286 g/mol. The molecule has 0 aliphatic carbocycles. The van der Waals surface area contributed by atoms with Crippen molar-refractivity contribution in [1.82, 2.24) is 5.32 Å². The van der Waals surface area contributed by atoms with E-state index in [0.717, 1.165) is 0 Å². The van der Waals surface area contributed by atoms with Gasteiger partial charge in [-0.25, -0.2) is 4.79 Å². The fraction of sp³-hybridized carbons (Fsp3) is 0.385. The number of halogens is 1. The average Bonchev–Trinajstić information content (AvgIpc) is 2.37. The van der Waals surface area contributed by atoms with Gasteiger partial charge in [0.25, 0.3) is 5.91 Å². The molecule has 3 N–H and O–H groups in total. The zero-order valence-electron chi connectivity index (χ0n) is 11.1. The molecule has 1 amide bonds. The number of aliphatic hydroxyl groups is 1. The predicted molar refractivity (Wildman–Crippen MR) is 72.8 cm³/mol. The van der Waals surface area contributed by atoms with Gasteiger partial charge >= 0.3 is 5.97 Å². The molecule has 1 atom stereocenters. The van der Waals surface area contributed by atoms with E-state index in [1.54, 1.807) is 24.3 Å². The zero-order chi connectivity index (χ0) is 15.3. The normalized spacial score (nSPS) is 12.6. The average molecular weight is 302 g/mol. The molecule has 1 aromatic rings. The molecule has 0 bridgehead atoms. The van der Waals surface area contributed by atoms with Crippen LogP contribution in [0.4, 0.5) is 0 Å². The maximum atomic E-state index is 12.0. The van der Waals surface area contributed by atoms with Crippen LogP contribution >= 0.6 is 11.6 Å². The SMILES string of the molecule is CC(C)(Oc1ccc(Cl)cc1)C(=O)N[C@H](CO)C(=O)O. The minimum Gasteiger partial charge on any atom is -0.480 e. The molecule has 0 fully saturated rings. The van der Waals surface area contributed by atoms with Crippen molar-refractivity contribution in [2.75, 3.05) is 6.61 Å². The molecule has 1 aromatic carbocycles. The molecule has 0 saturated carbocycles. The molecule has 0 aliphatic heterocycles. The molecule has 6 nitrogen and oxygen atoms in total. The first-order chi connectivity index (χ1) is 9.26. The molecule has 0 saturated heterocycles. The lowest BCUT2D eigenvalue weighted by Gasteiger charge is -2.26. The Morgan fingerprint density at radius 1 is 1.35 bits per heavy atom. The van der Waals surface area contributed by atoms with Crippen molar-refractivity contribution in [2.24, 2.45) is 0 Å². The summed E-state index contributed by atoms with van der Waals surface area (Å²) in [5.41, 5.74) is -1.29. The summed E-state index contributed by atoms with van der Waals surface area (Å²) in [6.45, 7) is 2.29. The molecule has 7 heteroatoms. The van der Waals surface area contributed by atoms with Gasteiger partial charge in [0.05, 0.1) is 6.61 Å². The lowest BCUT2D eigenvalue weighted by Crippen LogP contribution is -2.53. The van der Waals surface area contributed by atoms with E-state index in [-0.39, 0.29) is 0 Å². The number of carboxylic acids is 1. The van der Waals surface area contributed by atoms with Crippen LogP contribution in [0.3, 0.4) is 0 Å². The predicted octanol–water partition coefficient (Wildman–Crippen LogP) is 1.06. The van der Waals surface area contributed by atoms with Gasteiger partial charge in [0.2, 0.25) is 0 Å². The van der Waals surface area contributed by atoms with Crippen molar-refractivity contribution in [3.05, 3.63) is 29.3 Å². The van der Waals surface area contributed by atoms with Crippen LogP contribution in [0, 0.1) is 0 Å². The van der Waals surface area contributed by atoms with Crippen molar-refractivity contribution < 1.29 is 24.5 Å². The minimum atomic E-state index is -1.37. The van der Waals surface area contributed by atoms with Gasteiger partial charge in [-0.3, -0.25) is 4.79 Å². The van der Waals surface area contributed by atoms with Crippen molar-refractivity contribution in [2.45, 2.75) is 25.5 Å². The minimum absolute atomic E-state index is 0.422. The summed E-state index contributed by atoms with van der Waals surface area (Å²) >= 11 is 5.74. The number of aliphatic carboxylic acids is 1. The first-order valence-electron chi connectivity index (χ1n) is 5.85.